The van der Waals surface area contributed by atoms with Gasteiger partial charge in [-0.25, -0.2) is 19.6 Å². The van der Waals surface area contributed by atoms with E-state index in [0.717, 1.165) is 21.6 Å². The van der Waals surface area contributed by atoms with Crippen molar-refractivity contribution in [1.29, 1.82) is 0 Å². The van der Waals surface area contributed by atoms with Gasteiger partial charge in [0.25, 0.3) is 0 Å². The Morgan fingerprint density at radius 1 is 0.604 bits per heavy atom. The third-order valence-electron chi connectivity index (χ3n) is 12.3. The normalized spacial score (nSPS) is 48.3. The van der Waals surface area contributed by atoms with Crippen LogP contribution in [0.15, 0.2) is 22.7 Å². The molecule has 2 spiro atoms. The van der Waals surface area contributed by atoms with E-state index < -0.39 is 71.1 Å². The summed E-state index contributed by atoms with van der Waals surface area (Å²) >= 11 is 0. The molecule has 270 valence electrons. The zero-order valence-corrected chi connectivity index (χ0v) is 28.7. The van der Waals surface area contributed by atoms with Gasteiger partial charge in [0, 0.05) is 48.0 Å². The first kappa shape index (κ1) is 34.2. The molecule has 0 amide bonds. The highest BCUT2D eigenvalue weighted by atomic mass is 33.1. The highest BCUT2D eigenvalue weighted by Crippen LogP contribution is 2.64. The zero-order valence-electron chi connectivity index (χ0n) is 27.0. The van der Waals surface area contributed by atoms with Gasteiger partial charge >= 0.3 is 12.4 Å². The topological polar surface area (TPSA) is 73.8 Å². The minimum absolute atomic E-state index is 0.0152. The van der Waals surface area contributed by atoms with E-state index in [1.165, 1.54) is 0 Å². The largest absolute Gasteiger partial charge is 0.456 e. The lowest BCUT2D eigenvalue weighted by molar-refractivity contribution is -0.557. The number of allylic oxidation sites excluding steroid dienone is 2. The average Bonchev–Trinajstić information content (AvgIpc) is 3.38. The lowest BCUT2D eigenvalue weighted by Crippen LogP contribution is -2.67. The molecule has 8 nitrogen and oxygen atoms in total. The number of hydrogen-bond donors (Lipinski definition) is 0. The van der Waals surface area contributed by atoms with Crippen LogP contribution in [0, 0.1) is 35.5 Å². The Bertz CT molecular complexity index is 1290. The number of hydrogen-bond acceptors (Lipinski definition) is 10. The second-order valence-corrected chi connectivity index (χ2v) is 17.6. The van der Waals surface area contributed by atoms with Crippen LogP contribution in [0.1, 0.15) is 79.1 Å². The molecular weight excluding hydrogens is 690 g/mol. The Hall–Kier alpha value is -0.880. The highest BCUT2D eigenvalue weighted by Gasteiger charge is 2.72. The number of ether oxygens (including phenoxy) is 4. The molecule has 8 aliphatic heterocycles. The molecule has 0 N–H and O–H groups in total. The van der Waals surface area contributed by atoms with E-state index in [1.54, 1.807) is 13.8 Å². The van der Waals surface area contributed by atoms with Gasteiger partial charge in [-0.05, 0) is 75.4 Å². The van der Waals surface area contributed by atoms with Crippen molar-refractivity contribution in [3.63, 3.8) is 0 Å². The van der Waals surface area contributed by atoms with Gasteiger partial charge in [-0.3, -0.25) is 0 Å². The minimum Gasteiger partial charge on any atom is -0.456 e. The molecule has 0 aromatic rings. The molecule has 10 aliphatic rings. The summed E-state index contributed by atoms with van der Waals surface area (Å²) in [6, 6.07) is 0. The van der Waals surface area contributed by atoms with Crippen LogP contribution >= 0.6 is 21.6 Å². The summed E-state index contributed by atoms with van der Waals surface area (Å²) in [7, 11) is 2.12. The van der Waals surface area contributed by atoms with Crippen molar-refractivity contribution < 1.29 is 64.8 Å². The van der Waals surface area contributed by atoms with Crippen LogP contribution in [0.3, 0.4) is 0 Å². The SMILES string of the molecule is C[C@@H]1CC[C@H]2C(CSSCC3=C(C(F)(F)F)O[C@@H]4OC5(C)CCC6[C@H](C)CC[C@@H]3[C@]64OO5)=C(C(F)(F)F)O[C@@H]3OC4(C)CCC1[C@]32OO4. The summed E-state index contributed by atoms with van der Waals surface area (Å²) in [5.41, 5.74) is -2.50. The second-order valence-electron chi connectivity index (χ2n) is 15.2. The molecule has 16 heteroatoms. The van der Waals surface area contributed by atoms with Crippen molar-refractivity contribution in [1.82, 2.24) is 0 Å². The molecule has 2 aliphatic carbocycles. The smallest absolute Gasteiger partial charge is 0.449 e. The maximum atomic E-state index is 14.6. The summed E-state index contributed by atoms with van der Waals surface area (Å²) in [6.45, 7) is 7.40. The fraction of sp³-hybridized carbons (Fsp3) is 0.875. The molecule has 10 rings (SSSR count). The van der Waals surface area contributed by atoms with Crippen molar-refractivity contribution in [2.75, 3.05) is 11.5 Å². The van der Waals surface area contributed by atoms with E-state index in [0.29, 0.717) is 51.4 Å². The van der Waals surface area contributed by atoms with Crippen LogP contribution in [0.25, 0.3) is 0 Å². The maximum absolute atomic E-state index is 14.6. The fourth-order valence-electron chi connectivity index (χ4n) is 10.0. The van der Waals surface area contributed by atoms with E-state index in [1.807, 2.05) is 0 Å². The quantitative estimate of drug-likeness (QED) is 0.119. The van der Waals surface area contributed by atoms with Gasteiger partial charge < -0.3 is 18.9 Å². The van der Waals surface area contributed by atoms with E-state index >= 15 is 0 Å². The highest BCUT2D eigenvalue weighted by molar-refractivity contribution is 8.76. The molecule has 8 heterocycles. The zero-order chi connectivity index (χ0) is 34.1. The molecule has 2 saturated carbocycles. The fourth-order valence-corrected chi connectivity index (χ4v) is 12.4. The van der Waals surface area contributed by atoms with Gasteiger partial charge in [0.05, 0.1) is 0 Å². The summed E-state index contributed by atoms with van der Waals surface area (Å²) in [4.78, 5) is 23.6. The molecule has 12 atom stereocenters. The molecular formula is C32H40F6O8S2. The van der Waals surface area contributed by atoms with Crippen molar-refractivity contribution in [2.45, 2.75) is 127 Å². The Morgan fingerprint density at radius 3 is 1.38 bits per heavy atom. The molecule has 48 heavy (non-hydrogen) atoms. The van der Waals surface area contributed by atoms with E-state index in [9.17, 15) is 26.3 Å². The predicted molar refractivity (Wildman–Crippen MR) is 159 cm³/mol. The van der Waals surface area contributed by atoms with E-state index in [-0.39, 0.29) is 46.3 Å². The first-order valence-electron chi connectivity index (χ1n) is 16.8. The summed E-state index contributed by atoms with van der Waals surface area (Å²) in [6.07, 6.45) is -7.89. The third-order valence-corrected chi connectivity index (χ3v) is 14.6. The molecule has 0 aromatic heterocycles. The number of rotatable bonds is 5. The van der Waals surface area contributed by atoms with Crippen LogP contribution in [0.4, 0.5) is 26.3 Å². The van der Waals surface area contributed by atoms with E-state index in [4.69, 9.17) is 38.5 Å². The lowest BCUT2D eigenvalue weighted by atomic mass is 9.59. The molecule has 6 saturated heterocycles. The Morgan fingerprint density at radius 2 is 1.00 bits per heavy atom. The molecule has 4 unspecified atom stereocenters. The standard InChI is InChI=1S/C32H40F6O8S2/c1-15-5-7-21-17(23(31(33,34)35)39-25-29(21)19(15)9-11-27(3,41-25)43-45-29)13-47-48-14-18-22-8-6-16(2)20-10-12-28(4)42-26(30(20,22)46-44-28)40-24(18)32(36,37)38/h15-16,19-22,25-26H,5-14H2,1-4H3/t15-,16-,19?,20?,21+,22+,25-,26-,27?,28?,29-,30-/m1/s1. The molecule has 8 fully saturated rings. The molecule has 0 aromatic carbocycles. The van der Waals surface area contributed by atoms with Crippen molar-refractivity contribution in [2.24, 2.45) is 35.5 Å². The summed E-state index contributed by atoms with van der Waals surface area (Å²) in [5.74, 6) is -6.45. The van der Waals surface area contributed by atoms with Gasteiger partial charge in [-0.15, -0.1) is 0 Å². The van der Waals surface area contributed by atoms with Crippen LogP contribution in [0.5, 0.6) is 0 Å². The average molecular weight is 731 g/mol. The van der Waals surface area contributed by atoms with Crippen molar-refractivity contribution >= 4 is 21.6 Å². The number of fused-ring (bicyclic) bond motifs is 4. The number of alkyl halides is 6. The molecule has 0 radical (unpaired) electrons. The van der Waals surface area contributed by atoms with Crippen LogP contribution < -0.4 is 0 Å². The van der Waals surface area contributed by atoms with Crippen LogP contribution in [-0.2, 0) is 38.5 Å². The van der Waals surface area contributed by atoms with E-state index in [2.05, 4.69) is 13.8 Å². The minimum atomic E-state index is -4.81. The van der Waals surface area contributed by atoms with Gasteiger partial charge in [-0.1, -0.05) is 35.4 Å². The molecule has 4 bridgehead atoms. The Labute approximate surface area is 282 Å². The summed E-state index contributed by atoms with van der Waals surface area (Å²) in [5, 5.41) is 0. The maximum Gasteiger partial charge on any atom is 0.449 e. The van der Waals surface area contributed by atoms with Gasteiger partial charge in [0.15, 0.2) is 11.2 Å². The van der Waals surface area contributed by atoms with Gasteiger partial charge in [-0.2, -0.15) is 26.3 Å². The van der Waals surface area contributed by atoms with Crippen LogP contribution in [0.2, 0.25) is 0 Å². The first-order valence-corrected chi connectivity index (χ1v) is 19.3. The van der Waals surface area contributed by atoms with Crippen molar-refractivity contribution in [3.8, 4) is 0 Å². The van der Waals surface area contributed by atoms with Crippen molar-refractivity contribution in [3.05, 3.63) is 22.7 Å². The third kappa shape index (κ3) is 5.03. The second kappa shape index (κ2) is 11.3. The Balaban J connectivity index is 1.09. The predicted octanol–water partition coefficient (Wildman–Crippen LogP) is 8.49. The monoisotopic (exact) mass is 730 g/mol. The Kier molecular flexibility index (Phi) is 8.06. The van der Waals surface area contributed by atoms with Gasteiger partial charge in [0.2, 0.25) is 35.7 Å². The lowest BCUT2D eigenvalue weighted by Gasteiger charge is -2.57. The number of halogens is 6. The first-order chi connectivity index (χ1) is 22.5. The summed E-state index contributed by atoms with van der Waals surface area (Å²) < 4.78 is 111. The van der Waals surface area contributed by atoms with Crippen LogP contribution in [-0.4, -0.2) is 59.2 Å². The van der Waals surface area contributed by atoms with Gasteiger partial charge in [0.1, 0.15) is 0 Å².